The number of likely N-dealkylation sites (tertiary alicyclic amines) is 1. The molecule has 27 heavy (non-hydrogen) atoms. The molecule has 0 aliphatic carbocycles. The van der Waals surface area contributed by atoms with Gasteiger partial charge >= 0.3 is 0 Å². The fraction of sp³-hybridized carbons (Fsp3) is 0.667. The van der Waals surface area contributed by atoms with Crippen molar-refractivity contribution in [1.29, 1.82) is 0 Å². The number of aliphatic imine (C=N–C) groups is 1. The Morgan fingerprint density at radius 1 is 1.19 bits per heavy atom. The van der Waals surface area contributed by atoms with E-state index in [2.05, 4.69) is 29.1 Å². The highest BCUT2D eigenvalue weighted by atomic mass is 16.5. The van der Waals surface area contributed by atoms with Gasteiger partial charge < -0.3 is 24.4 Å². The highest BCUT2D eigenvalue weighted by Gasteiger charge is 2.25. The SMILES string of the molecule is CN=C(NCCc1ccc(OC)c(OC)c1OC)N1CCC(CC(C)C)C1. The van der Waals surface area contributed by atoms with Crippen LogP contribution in [0.25, 0.3) is 0 Å². The van der Waals surface area contributed by atoms with Crippen molar-refractivity contribution < 1.29 is 14.2 Å². The Morgan fingerprint density at radius 2 is 1.93 bits per heavy atom. The molecule has 6 heteroatoms. The molecule has 1 aromatic carbocycles. The lowest BCUT2D eigenvalue weighted by atomic mass is 9.97. The summed E-state index contributed by atoms with van der Waals surface area (Å²) in [5.41, 5.74) is 1.08. The van der Waals surface area contributed by atoms with E-state index in [1.54, 1.807) is 21.3 Å². The number of benzene rings is 1. The van der Waals surface area contributed by atoms with Gasteiger partial charge in [0.25, 0.3) is 0 Å². The van der Waals surface area contributed by atoms with Crippen LogP contribution in [0.15, 0.2) is 17.1 Å². The topological polar surface area (TPSA) is 55.3 Å². The molecule has 1 saturated heterocycles. The van der Waals surface area contributed by atoms with E-state index in [1.165, 1.54) is 12.8 Å². The van der Waals surface area contributed by atoms with Crippen molar-refractivity contribution in [3.63, 3.8) is 0 Å². The third-order valence-corrected chi connectivity index (χ3v) is 5.07. The molecule has 0 bridgehead atoms. The minimum Gasteiger partial charge on any atom is -0.493 e. The molecule has 1 aliphatic heterocycles. The molecule has 1 aromatic rings. The molecule has 1 N–H and O–H groups in total. The van der Waals surface area contributed by atoms with Crippen LogP contribution in [0.3, 0.4) is 0 Å². The summed E-state index contributed by atoms with van der Waals surface area (Å²) >= 11 is 0. The van der Waals surface area contributed by atoms with E-state index in [-0.39, 0.29) is 0 Å². The molecule has 2 rings (SSSR count). The Morgan fingerprint density at radius 3 is 2.52 bits per heavy atom. The van der Waals surface area contributed by atoms with Crippen molar-refractivity contribution in [2.24, 2.45) is 16.8 Å². The predicted molar refractivity (Wildman–Crippen MR) is 110 cm³/mol. The maximum atomic E-state index is 5.57. The van der Waals surface area contributed by atoms with Crippen LogP contribution in [-0.2, 0) is 6.42 Å². The van der Waals surface area contributed by atoms with E-state index in [4.69, 9.17) is 14.2 Å². The van der Waals surface area contributed by atoms with Gasteiger partial charge in [-0.1, -0.05) is 19.9 Å². The Kier molecular flexibility index (Phi) is 8.07. The smallest absolute Gasteiger partial charge is 0.203 e. The second-order valence-corrected chi connectivity index (χ2v) is 7.45. The number of hydrogen-bond donors (Lipinski definition) is 1. The second kappa shape index (κ2) is 10.3. The number of hydrogen-bond acceptors (Lipinski definition) is 4. The quantitative estimate of drug-likeness (QED) is 0.557. The number of rotatable bonds is 8. The van der Waals surface area contributed by atoms with Crippen LogP contribution >= 0.6 is 0 Å². The summed E-state index contributed by atoms with van der Waals surface area (Å²) < 4.78 is 16.4. The molecule has 0 radical (unpaired) electrons. The monoisotopic (exact) mass is 377 g/mol. The fourth-order valence-corrected chi connectivity index (χ4v) is 3.89. The van der Waals surface area contributed by atoms with Crippen molar-refractivity contribution in [2.75, 3.05) is 48.0 Å². The normalized spacial score (nSPS) is 17.4. The number of guanidine groups is 1. The van der Waals surface area contributed by atoms with E-state index in [9.17, 15) is 0 Å². The van der Waals surface area contributed by atoms with Gasteiger partial charge in [0.1, 0.15) is 0 Å². The highest BCUT2D eigenvalue weighted by Crippen LogP contribution is 2.39. The van der Waals surface area contributed by atoms with Crippen LogP contribution in [0.5, 0.6) is 17.2 Å². The van der Waals surface area contributed by atoms with Gasteiger partial charge in [-0.25, -0.2) is 0 Å². The second-order valence-electron chi connectivity index (χ2n) is 7.45. The van der Waals surface area contributed by atoms with Crippen LogP contribution in [0.1, 0.15) is 32.3 Å². The van der Waals surface area contributed by atoms with Gasteiger partial charge in [-0.15, -0.1) is 0 Å². The molecular weight excluding hydrogens is 342 g/mol. The van der Waals surface area contributed by atoms with Crippen molar-refractivity contribution in [3.8, 4) is 17.2 Å². The van der Waals surface area contributed by atoms with Gasteiger partial charge in [-0.3, -0.25) is 4.99 Å². The molecule has 152 valence electrons. The first-order valence-corrected chi connectivity index (χ1v) is 9.77. The van der Waals surface area contributed by atoms with Crippen molar-refractivity contribution in [2.45, 2.75) is 33.1 Å². The first-order chi connectivity index (χ1) is 13.0. The van der Waals surface area contributed by atoms with E-state index in [0.717, 1.165) is 55.2 Å². The molecule has 1 aliphatic rings. The average Bonchev–Trinajstić information content (AvgIpc) is 3.11. The predicted octanol–water partition coefficient (Wildman–Crippen LogP) is 3.20. The van der Waals surface area contributed by atoms with Gasteiger partial charge in [-0.2, -0.15) is 0 Å². The van der Waals surface area contributed by atoms with E-state index < -0.39 is 0 Å². The zero-order chi connectivity index (χ0) is 19.8. The third-order valence-electron chi connectivity index (χ3n) is 5.07. The fourth-order valence-electron chi connectivity index (χ4n) is 3.89. The summed E-state index contributed by atoms with van der Waals surface area (Å²) in [5, 5.41) is 3.50. The Hall–Kier alpha value is -2.11. The van der Waals surface area contributed by atoms with Gasteiger partial charge in [0.2, 0.25) is 5.75 Å². The molecule has 0 saturated carbocycles. The molecule has 1 heterocycles. The van der Waals surface area contributed by atoms with E-state index >= 15 is 0 Å². The molecule has 1 atom stereocenters. The summed E-state index contributed by atoms with van der Waals surface area (Å²) in [5.74, 6) is 4.55. The number of nitrogens with one attached hydrogen (secondary N) is 1. The van der Waals surface area contributed by atoms with Crippen LogP contribution in [-0.4, -0.2) is 58.9 Å². The first kappa shape index (κ1) is 21.2. The summed E-state index contributed by atoms with van der Waals surface area (Å²) in [6, 6.07) is 3.95. The summed E-state index contributed by atoms with van der Waals surface area (Å²) in [6.45, 7) is 7.55. The lowest BCUT2D eigenvalue weighted by Gasteiger charge is -2.22. The summed E-state index contributed by atoms with van der Waals surface area (Å²) in [7, 11) is 6.78. The largest absolute Gasteiger partial charge is 0.493 e. The molecule has 0 aromatic heterocycles. The molecule has 1 fully saturated rings. The molecule has 1 unspecified atom stereocenters. The minimum absolute atomic E-state index is 0.637. The average molecular weight is 378 g/mol. The Balaban J connectivity index is 1.95. The van der Waals surface area contributed by atoms with Crippen LogP contribution in [0, 0.1) is 11.8 Å². The van der Waals surface area contributed by atoms with Crippen LogP contribution in [0.4, 0.5) is 0 Å². The van der Waals surface area contributed by atoms with Gasteiger partial charge in [0, 0.05) is 32.2 Å². The van der Waals surface area contributed by atoms with Gasteiger partial charge in [0.15, 0.2) is 17.5 Å². The number of nitrogens with zero attached hydrogens (tertiary/aromatic N) is 2. The van der Waals surface area contributed by atoms with E-state index in [0.29, 0.717) is 11.5 Å². The van der Waals surface area contributed by atoms with Crippen molar-refractivity contribution in [3.05, 3.63) is 17.7 Å². The first-order valence-electron chi connectivity index (χ1n) is 9.77. The van der Waals surface area contributed by atoms with Crippen LogP contribution in [0.2, 0.25) is 0 Å². The highest BCUT2D eigenvalue weighted by molar-refractivity contribution is 5.80. The third kappa shape index (κ3) is 5.44. The Labute approximate surface area is 163 Å². The van der Waals surface area contributed by atoms with Crippen molar-refractivity contribution in [1.82, 2.24) is 10.2 Å². The Bertz CT molecular complexity index is 631. The van der Waals surface area contributed by atoms with Gasteiger partial charge in [-0.05, 0) is 37.2 Å². The molecule has 0 amide bonds. The maximum Gasteiger partial charge on any atom is 0.203 e. The van der Waals surface area contributed by atoms with Crippen molar-refractivity contribution >= 4 is 5.96 Å². The minimum atomic E-state index is 0.637. The lowest BCUT2D eigenvalue weighted by Crippen LogP contribution is -2.40. The van der Waals surface area contributed by atoms with E-state index in [1.807, 2.05) is 19.2 Å². The molecule has 6 nitrogen and oxygen atoms in total. The standard InChI is InChI=1S/C21H35N3O3/c1-15(2)13-16-10-12-24(14-16)21(22-3)23-11-9-17-7-8-18(25-4)20(27-6)19(17)26-5/h7-8,15-16H,9-14H2,1-6H3,(H,22,23). The van der Waals surface area contributed by atoms with Gasteiger partial charge in [0.05, 0.1) is 21.3 Å². The zero-order valence-corrected chi connectivity index (χ0v) is 17.7. The molecular formula is C21H35N3O3. The number of methoxy groups -OCH3 is 3. The maximum absolute atomic E-state index is 5.57. The lowest BCUT2D eigenvalue weighted by molar-refractivity contribution is 0.322. The number of ether oxygens (including phenoxy) is 3. The summed E-state index contributed by atoms with van der Waals surface area (Å²) in [6.07, 6.45) is 3.35. The molecule has 0 spiro atoms. The zero-order valence-electron chi connectivity index (χ0n) is 17.7. The summed E-state index contributed by atoms with van der Waals surface area (Å²) in [4.78, 5) is 6.85. The van der Waals surface area contributed by atoms with Crippen LogP contribution < -0.4 is 19.5 Å².